The topological polar surface area (TPSA) is 65.7 Å². The van der Waals surface area contributed by atoms with Crippen LogP contribution in [0, 0.1) is 17.8 Å². The number of furan rings is 1. The van der Waals surface area contributed by atoms with Crippen LogP contribution in [0.15, 0.2) is 34.9 Å². The van der Waals surface area contributed by atoms with Gasteiger partial charge in [-0.3, -0.25) is 0 Å². The van der Waals surface area contributed by atoms with Gasteiger partial charge in [-0.05, 0) is 23.3 Å². The normalized spacial score (nSPS) is 12.0. The van der Waals surface area contributed by atoms with Crippen molar-refractivity contribution in [2.24, 2.45) is 10.8 Å². The number of carbonyl (C=O) groups excluding carboxylic acids is 2. The third-order valence-electron chi connectivity index (χ3n) is 3.88. The fraction of sp³-hybridized carbons (Fsp3) is 0.478. The SMILES string of the molecule is Cc1ccccc1-c1occ(C(=O)OCC(C)(C)C)c1C(=O)OCC(C)(C)C. The molecule has 1 heterocycles. The maximum absolute atomic E-state index is 12.9. The van der Waals surface area contributed by atoms with Crippen LogP contribution in [0.1, 0.15) is 67.8 Å². The van der Waals surface area contributed by atoms with E-state index in [1.165, 1.54) is 6.26 Å². The highest BCUT2D eigenvalue weighted by molar-refractivity contribution is 6.07. The summed E-state index contributed by atoms with van der Waals surface area (Å²) in [6.07, 6.45) is 1.28. The van der Waals surface area contributed by atoms with Crippen LogP contribution in [0.25, 0.3) is 11.3 Å². The van der Waals surface area contributed by atoms with E-state index in [-0.39, 0.29) is 35.2 Å². The van der Waals surface area contributed by atoms with Crippen LogP contribution in [0.4, 0.5) is 0 Å². The number of carbonyl (C=O) groups is 2. The summed E-state index contributed by atoms with van der Waals surface area (Å²) in [5, 5.41) is 0. The van der Waals surface area contributed by atoms with Gasteiger partial charge in [0.2, 0.25) is 0 Å². The minimum atomic E-state index is -0.596. The van der Waals surface area contributed by atoms with Gasteiger partial charge in [-0.15, -0.1) is 0 Å². The minimum absolute atomic E-state index is 0.0846. The molecular weight excluding hydrogens is 356 g/mol. The number of hydrogen-bond donors (Lipinski definition) is 0. The molecule has 0 aliphatic heterocycles. The molecule has 0 fully saturated rings. The van der Waals surface area contributed by atoms with Crippen LogP contribution >= 0.6 is 0 Å². The summed E-state index contributed by atoms with van der Waals surface area (Å²) < 4.78 is 16.6. The van der Waals surface area contributed by atoms with Crippen molar-refractivity contribution in [2.75, 3.05) is 13.2 Å². The van der Waals surface area contributed by atoms with E-state index in [9.17, 15) is 9.59 Å². The van der Waals surface area contributed by atoms with E-state index in [1.54, 1.807) is 0 Å². The van der Waals surface area contributed by atoms with Gasteiger partial charge in [0.15, 0.2) is 0 Å². The Balaban J connectivity index is 2.44. The van der Waals surface area contributed by atoms with E-state index in [1.807, 2.05) is 72.7 Å². The highest BCUT2D eigenvalue weighted by Crippen LogP contribution is 2.32. The molecule has 0 saturated carbocycles. The maximum atomic E-state index is 12.9. The number of rotatable bonds is 5. The molecule has 0 aliphatic rings. The summed E-state index contributed by atoms with van der Waals surface area (Å²) in [5.41, 5.74) is 1.47. The van der Waals surface area contributed by atoms with Crippen molar-refractivity contribution in [2.45, 2.75) is 48.5 Å². The predicted molar refractivity (Wildman–Crippen MR) is 108 cm³/mol. The number of esters is 2. The van der Waals surface area contributed by atoms with Crippen LogP contribution < -0.4 is 0 Å². The van der Waals surface area contributed by atoms with Gasteiger partial charge in [0.1, 0.15) is 23.2 Å². The van der Waals surface area contributed by atoms with Crippen LogP contribution in [0.2, 0.25) is 0 Å². The van der Waals surface area contributed by atoms with Gasteiger partial charge in [-0.1, -0.05) is 65.8 Å². The Bertz CT molecular complexity index is 847. The molecule has 5 heteroatoms. The predicted octanol–water partition coefficient (Wildman–Crippen LogP) is 5.66. The summed E-state index contributed by atoms with van der Waals surface area (Å²) >= 11 is 0. The smallest absolute Gasteiger partial charge is 0.343 e. The fourth-order valence-electron chi connectivity index (χ4n) is 2.45. The van der Waals surface area contributed by atoms with Gasteiger partial charge < -0.3 is 13.9 Å². The highest BCUT2D eigenvalue weighted by Gasteiger charge is 2.30. The van der Waals surface area contributed by atoms with Crippen molar-refractivity contribution in [3.05, 3.63) is 47.2 Å². The van der Waals surface area contributed by atoms with E-state index in [2.05, 4.69) is 0 Å². The fourth-order valence-corrected chi connectivity index (χ4v) is 2.45. The van der Waals surface area contributed by atoms with E-state index in [0.29, 0.717) is 5.76 Å². The Morgan fingerprint density at radius 2 is 1.43 bits per heavy atom. The third kappa shape index (κ3) is 5.72. The van der Waals surface area contributed by atoms with Gasteiger partial charge in [0.25, 0.3) is 0 Å². The largest absolute Gasteiger partial charge is 0.462 e. The highest BCUT2D eigenvalue weighted by atomic mass is 16.5. The lowest BCUT2D eigenvalue weighted by Gasteiger charge is -2.19. The molecule has 0 N–H and O–H groups in total. The molecule has 5 nitrogen and oxygen atoms in total. The first-order valence-corrected chi connectivity index (χ1v) is 9.41. The summed E-state index contributed by atoms with van der Waals surface area (Å²) in [6.45, 7) is 14.2. The first-order valence-electron chi connectivity index (χ1n) is 9.41. The van der Waals surface area contributed by atoms with E-state index in [0.717, 1.165) is 11.1 Å². The van der Waals surface area contributed by atoms with Gasteiger partial charge in [-0.2, -0.15) is 0 Å². The van der Waals surface area contributed by atoms with Crippen molar-refractivity contribution < 1.29 is 23.5 Å². The van der Waals surface area contributed by atoms with Crippen molar-refractivity contribution in [1.82, 2.24) is 0 Å². The summed E-state index contributed by atoms with van der Waals surface area (Å²) in [5.74, 6) is -0.870. The van der Waals surface area contributed by atoms with Gasteiger partial charge in [0, 0.05) is 5.56 Å². The molecule has 0 amide bonds. The van der Waals surface area contributed by atoms with E-state index >= 15 is 0 Å². The first kappa shape index (κ1) is 21.7. The zero-order chi connectivity index (χ0) is 21.1. The molecule has 0 aliphatic carbocycles. The molecule has 0 bridgehead atoms. The van der Waals surface area contributed by atoms with E-state index < -0.39 is 11.9 Å². The average molecular weight is 386 g/mol. The van der Waals surface area contributed by atoms with Crippen LogP contribution in [0.3, 0.4) is 0 Å². The number of benzene rings is 1. The lowest BCUT2D eigenvalue weighted by Crippen LogP contribution is -2.22. The monoisotopic (exact) mass is 386 g/mol. The Morgan fingerprint density at radius 3 is 1.96 bits per heavy atom. The molecule has 2 rings (SSSR count). The van der Waals surface area contributed by atoms with Crippen molar-refractivity contribution in [3.8, 4) is 11.3 Å². The average Bonchev–Trinajstić information content (AvgIpc) is 3.01. The lowest BCUT2D eigenvalue weighted by molar-refractivity contribution is 0.0324. The van der Waals surface area contributed by atoms with Gasteiger partial charge in [-0.25, -0.2) is 9.59 Å². The quantitative estimate of drug-likeness (QED) is 0.620. The Hall–Kier alpha value is -2.56. The molecular formula is C23H30O5. The summed E-state index contributed by atoms with van der Waals surface area (Å²) in [6, 6.07) is 7.52. The summed E-state index contributed by atoms with van der Waals surface area (Å²) in [4.78, 5) is 25.6. The first-order chi connectivity index (χ1) is 12.9. The second kappa shape index (κ2) is 8.21. The van der Waals surface area contributed by atoms with Crippen molar-refractivity contribution >= 4 is 11.9 Å². The van der Waals surface area contributed by atoms with Gasteiger partial charge in [0.05, 0.1) is 13.2 Å². The molecule has 0 atom stereocenters. The minimum Gasteiger partial charge on any atom is -0.462 e. The van der Waals surface area contributed by atoms with Gasteiger partial charge >= 0.3 is 11.9 Å². The Labute approximate surface area is 167 Å². The third-order valence-corrected chi connectivity index (χ3v) is 3.88. The molecule has 1 aromatic carbocycles. The summed E-state index contributed by atoms with van der Waals surface area (Å²) in [7, 11) is 0. The maximum Gasteiger partial charge on any atom is 0.343 e. The Kier molecular flexibility index (Phi) is 6.37. The molecule has 0 unspecified atom stereocenters. The van der Waals surface area contributed by atoms with Crippen molar-refractivity contribution in [1.29, 1.82) is 0 Å². The number of hydrogen-bond acceptors (Lipinski definition) is 5. The van der Waals surface area contributed by atoms with Crippen LogP contribution in [-0.2, 0) is 9.47 Å². The molecule has 2 aromatic rings. The van der Waals surface area contributed by atoms with Crippen LogP contribution in [0.5, 0.6) is 0 Å². The standard InChI is InChI=1S/C23H30O5/c1-15-10-8-9-11-16(15)19-18(21(25)28-14-23(5,6)7)17(12-26-19)20(24)27-13-22(2,3)4/h8-12H,13-14H2,1-7H3. The number of aryl methyl sites for hydroxylation is 1. The molecule has 1 aromatic heterocycles. The second-order valence-electron chi connectivity index (χ2n) is 9.44. The molecule has 152 valence electrons. The molecule has 0 radical (unpaired) electrons. The zero-order valence-corrected chi connectivity index (χ0v) is 17.8. The second-order valence-corrected chi connectivity index (χ2v) is 9.44. The van der Waals surface area contributed by atoms with Crippen molar-refractivity contribution in [3.63, 3.8) is 0 Å². The van der Waals surface area contributed by atoms with Crippen LogP contribution in [-0.4, -0.2) is 25.2 Å². The molecule has 28 heavy (non-hydrogen) atoms. The van der Waals surface area contributed by atoms with E-state index in [4.69, 9.17) is 13.9 Å². The Morgan fingerprint density at radius 1 is 0.893 bits per heavy atom. The molecule has 0 spiro atoms. The zero-order valence-electron chi connectivity index (χ0n) is 17.8. The molecule has 0 saturated heterocycles. The lowest BCUT2D eigenvalue weighted by atomic mass is 9.98. The number of ether oxygens (including phenoxy) is 2.